The standard InChI is InChI=1S/C15H12F3N3O3/c1-23-14(22)8-2-3-12(24-15(17)18)9(4-8)5-10(16)11-6-21-13(19)7-20-11/h2-7,15H,1H3,(H2,19,21)/b10-5-. The number of carbonyl (C=O) groups is 1. The fraction of sp³-hybridized carbons (Fsp3) is 0.133. The molecular weight excluding hydrogens is 327 g/mol. The number of esters is 1. The van der Waals surface area contributed by atoms with E-state index in [-0.39, 0.29) is 28.4 Å². The number of hydrogen-bond acceptors (Lipinski definition) is 6. The molecule has 0 fully saturated rings. The fourth-order valence-corrected chi connectivity index (χ4v) is 1.78. The summed E-state index contributed by atoms with van der Waals surface area (Å²) in [4.78, 5) is 18.9. The summed E-state index contributed by atoms with van der Waals surface area (Å²) >= 11 is 0. The van der Waals surface area contributed by atoms with Crippen LogP contribution in [0.4, 0.5) is 19.0 Å². The molecule has 0 saturated carbocycles. The summed E-state index contributed by atoms with van der Waals surface area (Å²) in [6.45, 7) is -3.11. The Morgan fingerprint density at radius 3 is 2.62 bits per heavy atom. The van der Waals surface area contributed by atoms with Gasteiger partial charge in [0, 0.05) is 5.56 Å². The number of nitrogens with zero attached hydrogens (tertiary/aromatic N) is 2. The predicted octanol–water partition coefficient (Wildman–Crippen LogP) is 2.91. The summed E-state index contributed by atoms with van der Waals surface area (Å²) in [6.07, 6.45) is 3.12. The second-order valence-corrected chi connectivity index (χ2v) is 4.44. The van der Waals surface area contributed by atoms with Gasteiger partial charge in [-0.05, 0) is 24.3 Å². The van der Waals surface area contributed by atoms with E-state index in [4.69, 9.17) is 5.73 Å². The van der Waals surface area contributed by atoms with Crippen LogP contribution >= 0.6 is 0 Å². The Hall–Kier alpha value is -3.10. The van der Waals surface area contributed by atoms with E-state index in [1.807, 2.05) is 0 Å². The molecule has 2 rings (SSSR count). The molecule has 0 spiro atoms. The number of benzene rings is 1. The van der Waals surface area contributed by atoms with Gasteiger partial charge in [-0.15, -0.1) is 0 Å². The topological polar surface area (TPSA) is 87.3 Å². The fourth-order valence-electron chi connectivity index (χ4n) is 1.78. The minimum absolute atomic E-state index is 0.0431. The molecule has 9 heteroatoms. The lowest BCUT2D eigenvalue weighted by Crippen LogP contribution is -2.06. The number of hydrogen-bond donors (Lipinski definition) is 1. The maximum atomic E-state index is 14.2. The van der Waals surface area contributed by atoms with Crippen LogP contribution in [0.1, 0.15) is 21.6 Å². The third-order valence-electron chi connectivity index (χ3n) is 2.85. The van der Waals surface area contributed by atoms with Crippen molar-refractivity contribution >= 4 is 23.7 Å². The van der Waals surface area contributed by atoms with E-state index in [1.165, 1.54) is 6.07 Å². The lowest BCUT2D eigenvalue weighted by Gasteiger charge is -2.10. The molecule has 0 aliphatic carbocycles. The number of alkyl halides is 2. The first kappa shape index (κ1) is 17.3. The van der Waals surface area contributed by atoms with Crippen molar-refractivity contribution in [2.45, 2.75) is 6.61 Å². The SMILES string of the molecule is COC(=O)c1ccc(OC(F)F)c(/C=C(\F)c2cnc(N)cn2)c1. The summed E-state index contributed by atoms with van der Waals surface area (Å²) in [6, 6.07) is 3.50. The molecule has 2 aromatic rings. The lowest BCUT2D eigenvalue weighted by atomic mass is 10.1. The van der Waals surface area contributed by atoms with Crippen molar-refractivity contribution in [3.63, 3.8) is 0 Å². The summed E-state index contributed by atoms with van der Waals surface area (Å²) < 4.78 is 48.0. The third kappa shape index (κ3) is 4.22. The molecule has 0 atom stereocenters. The lowest BCUT2D eigenvalue weighted by molar-refractivity contribution is -0.0499. The molecule has 2 N–H and O–H groups in total. The molecule has 0 aliphatic rings. The van der Waals surface area contributed by atoms with Gasteiger partial charge in [0.25, 0.3) is 0 Å². The van der Waals surface area contributed by atoms with Gasteiger partial charge in [0.2, 0.25) is 0 Å². The first-order valence-electron chi connectivity index (χ1n) is 6.53. The van der Waals surface area contributed by atoms with Gasteiger partial charge >= 0.3 is 12.6 Å². The Morgan fingerprint density at radius 1 is 1.29 bits per heavy atom. The number of rotatable bonds is 5. The highest BCUT2D eigenvalue weighted by atomic mass is 19.3. The molecule has 6 nitrogen and oxygen atoms in total. The molecule has 24 heavy (non-hydrogen) atoms. The molecule has 126 valence electrons. The third-order valence-corrected chi connectivity index (χ3v) is 2.85. The number of halogens is 3. The Bertz CT molecular complexity index is 764. The highest BCUT2D eigenvalue weighted by Crippen LogP contribution is 2.27. The minimum Gasteiger partial charge on any atom is -0.465 e. The van der Waals surface area contributed by atoms with Crippen molar-refractivity contribution in [1.82, 2.24) is 9.97 Å². The van der Waals surface area contributed by atoms with E-state index in [9.17, 15) is 18.0 Å². The molecule has 0 aliphatic heterocycles. The van der Waals surface area contributed by atoms with Crippen molar-refractivity contribution in [3.8, 4) is 5.75 Å². The minimum atomic E-state index is -3.11. The first-order valence-corrected chi connectivity index (χ1v) is 6.53. The van der Waals surface area contributed by atoms with Gasteiger partial charge in [0.1, 0.15) is 17.3 Å². The van der Waals surface area contributed by atoms with Gasteiger partial charge in [-0.1, -0.05) is 0 Å². The van der Waals surface area contributed by atoms with Crippen LogP contribution in [0.3, 0.4) is 0 Å². The number of ether oxygens (including phenoxy) is 2. The number of nitrogens with two attached hydrogens (primary N) is 1. The highest BCUT2D eigenvalue weighted by Gasteiger charge is 2.14. The van der Waals surface area contributed by atoms with E-state index in [0.717, 1.165) is 37.7 Å². The molecule has 0 amide bonds. The van der Waals surface area contributed by atoms with Gasteiger partial charge < -0.3 is 15.2 Å². The van der Waals surface area contributed by atoms with Crippen LogP contribution in [0.15, 0.2) is 30.6 Å². The quantitative estimate of drug-likeness (QED) is 0.843. The summed E-state index contributed by atoms with van der Waals surface area (Å²) in [7, 11) is 1.16. The van der Waals surface area contributed by atoms with E-state index in [1.54, 1.807) is 0 Å². The molecule has 1 heterocycles. The zero-order valence-electron chi connectivity index (χ0n) is 12.4. The highest BCUT2D eigenvalue weighted by molar-refractivity contribution is 5.91. The van der Waals surface area contributed by atoms with Crippen LogP contribution in [-0.2, 0) is 4.74 Å². The molecule has 0 unspecified atom stereocenters. The molecule has 0 bridgehead atoms. The Labute approximate surface area is 134 Å². The maximum absolute atomic E-state index is 14.2. The van der Waals surface area contributed by atoms with E-state index < -0.39 is 18.4 Å². The van der Waals surface area contributed by atoms with E-state index in [0.29, 0.717) is 0 Å². The zero-order chi connectivity index (χ0) is 17.7. The Kier molecular flexibility index (Phi) is 5.35. The second kappa shape index (κ2) is 7.44. The molecule has 1 aromatic carbocycles. The Balaban J connectivity index is 2.45. The van der Waals surface area contributed by atoms with Gasteiger partial charge in [-0.25, -0.2) is 19.2 Å². The van der Waals surface area contributed by atoms with Crippen molar-refractivity contribution in [3.05, 3.63) is 47.4 Å². The molecule has 1 aromatic heterocycles. The van der Waals surface area contributed by atoms with Crippen molar-refractivity contribution in [2.75, 3.05) is 12.8 Å². The van der Waals surface area contributed by atoms with E-state index >= 15 is 0 Å². The van der Waals surface area contributed by atoms with Gasteiger partial charge in [0.15, 0.2) is 5.83 Å². The summed E-state index contributed by atoms with van der Waals surface area (Å²) in [5, 5.41) is 0. The predicted molar refractivity (Wildman–Crippen MR) is 79.8 cm³/mol. The molecule has 0 radical (unpaired) electrons. The zero-order valence-corrected chi connectivity index (χ0v) is 12.4. The van der Waals surface area contributed by atoms with Gasteiger partial charge in [-0.2, -0.15) is 8.78 Å². The van der Waals surface area contributed by atoms with Gasteiger partial charge in [0.05, 0.1) is 25.1 Å². The van der Waals surface area contributed by atoms with Crippen LogP contribution in [-0.4, -0.2) is 29.7 Å². The van der Waals surface area contributed by atoms with Crippen LogP contribution in [0.25, 0.3) is 11.9 Å². The van der Waals surface area contributed by atoms with E-state index in [2.05, 4.69) is 19.4 Å². The van der Waals surface area contributed by atoms with Crippen molar-refractivity contribution < 1.29 is 27.4 Å². The number of methoxy groups -OCH3 is 1. The number of anilines is 1. The van der Waals surface area contributed by atoms with Crippen molar-refractivity contribution in [1.29, 1.82) is 0 Å². The van der Waals surface area contributed by atoms with Crippen LogP contribution in [0.2, 0.25) is 0 Å². The first-order chi connectivity index (χ1) is 11.4. The largest absolute Gasteiger partial charge is 0.465 e. The van der Waals surface area contributed by atoms with Crippen LogP contribution in [0, 0.1) is 0 Å². The van der Waals surface area contributed by atoms with Crippen molar-refractivity contribution in [2.24, 2.45) is 0 Å². The maximum Gasteiger partial charge on any atom is 0.387 e. The molecule has 0 saturated heterocycles. The monoisotopic (exact) mass is 339 g/mol. The van der Waals surface area contributed by atoms with Gasteiger partial charge in [-0.3, -0.25) is 0 Å². The smallest absolute Gasteiger partial charge is 0.387 e. The average Bonchev–Trinajstić information content (AvgIpc) is 2.55. The number of nitrogen functional groups attached to an aromatic ring is 1. The average molecular weight is 339 g/mol. The number of carbonyl (C=O) groups excluding carboxylic acids is 1. The van der Waals surface area contributed by atoms with Crippen LogP contribution < -0.4 is 10.5 Å². The second-order valence-electron chi connectivity index (χ2n) is 4.44. The van der Waals surface area contributed by atoms with Crippen LogP contribution in [0.5, 0.6) is 5.75 Å². The molecular formula is C15H12F3N3O3. The summed E-state index contributed by atoms with van der Waals surface area (Å²) in [5.74, 6) is -1.79. The normalized spacial score (nSPS) is 11.5. The summed E-state index contributed by atoms with van der Waals surface area (Å²) in [5.41, 5.74) is 5.15. The Morgan fingerprint density at radius 2 is 2.04 bits per heavy atom. The number of aromatic nitrogens is 2.